The fraction of sp³-hybridized carbons (Fsp3) is 0.160. The molecule has 2 N–H and O–H groups in total. The van der Waals surface area contributed by atoms with Crippen molar-refractivity contribution in [3.05, 3.63) is 92.7 Å². The van der Waals surface area contributed by atoms with Crippen LogP contribution in [0, 0.1) is 5.82 Å². The minimum Gasteiger partial charge on any atom is -0.325 e. The van der Waals surface area contributed by atoms with Crippen LogP contribution in [0.15, 0.2) is 59.6 Å². The second-order valence-corrected chi connectivity index (χ2v) is 9.01. The topological polar surface area (TPSA) is 70.6 Å². The summed E-state index contributed by atoms with van der Waals surface area (Å²) in [6, 6.07) is 14.5. The van der Waals surface area contributed by atoms with Crippen LogP contribution >= 0.6 is 23.2 Å². The van der Waals surface area contributed by atoms with E-state index in [1.807, 2.05) is 31.2 Å². The van der Waals surface area contributed by atoms with Crippen LogP contribution in [0.4, 0.5) is 15.8 Å². The van der Waals surface area contributed by atoms with Gasteiger partial charge < -0.3 is 10.6 Å². The Balaban J connectivity index is 1.65. The Morgan fingerprint density at radius 3 is 2.45 bits per heavy atom. The first-order valence-electron chi connectivity index (χ1n) is 10.4. The Hall–Kier alpha value is -3.22. The molecule has 0 aromatic heterocycles. The number of hydrogen-bond acceptors (Lipinski definition) is 3. The molecule has 2 heterocycles. The largest absolute Gasteiger partial charge is 0.325 e. The minimum absolute atomic E-state index is 0.0275. The minimum atomic E-state index is -0.812. The number of carbonyl (C=O) groups excluding carboxylic acids is 2. The summed E-state index contributed by atoms with van der Waals surface area (Å²) in [6.07, 6.45) is 0.300. The van der Waals surface area contributed by atoms with E-state index in [2.05, 4.69) is 10.6 Å². The molecule has 0 saturated carbocycles. The number of amides is 2. The van der Waals surface area contributed by atoms with Crippen LogP contribution in [0.25, 0.3) is 0 Å². The summed E-state index contributed by atoms with van der Waals surface area (Å²) in [5, 5.41) is 6.32. The van der Waals surface area contributed by atoms with Crippen molar-refractivity contribution in [2.24, 2.45) is 4.99 Å². The van der Waals surface area contributed by atoms with E-state index in [1.165, 1.54) is 0 Å². The van der Waals surface area contributed by atoms with Gasteiger partial charge in [0.2, 0.25) is 11.8 Å². The van der Waals surface area contributed by atoms with Gasteiger partial charge in [0, 0.05) is 33.3 Å². The van der Waals surface area contributed by atoms with Gasteiger partial charge in [-0.25, -0.2) is 4.39 Å². The third-order valence-corrected chi connectivity index (χ3v) is 6.40. The van der Waals surface area contributed by atoms with Crippen LogP contribution in [0.2, 0.25) is 10.0 Å². The van der Waals surface area contributed by atoms with E-state index in [4.69, 9.17) is 28.2 Å². The molecule has 5 nitrogen and oxygen atoms in total. The number of nitrogens with one attached hydrogen (secondary N) is 2. The lowest BCUT2D eigenvalue weighted by atomic mass is 9.96. The fourth-order valence-corrected chi connectivity index (χ4v) is 4.49. The molecule has 0 fully saturated rings. The summed E-state index contributed by atoms with van der Waals surface area (Å²) in [5.74, 6) is -1.42. The lowest BCUT2D eigenvalue weighted by Crippen LogP contribution is -2.27. The van der Waals surface area contributed by atoms with Crippen LogP contribution in [-0.4, -0.2) is 23.6 Å². The van der Waals surface area contributed by atoms with E-state index < -0.39 is 17.8 Å². The number of benzodiazepines with no additional fused rings is 1. The van der Waals surface area contributed by atoms with Gasteiger partial charge in [-0.05, 0) is 48.4 Å². The standard InChI is InChI=1S/C25H18Cl2FN3O2/c1-12-17-7-4-14(9-20(17)30-24(12)32)22-18-10-16(27)11-19(28)23(18)31-25(33)21(29-22)8-13-2-5-15(26)6-3-13/h2-7,9-12,21H,8H2,1H3,(H,30,32)(H,31,33). The normalized spacial score (nSPS) is 19.2. The van der Waals surface area contributed by atoms with E-state index in [9.17, 15) is 14.0 Å². The van der Waals surface area contributed by atoms with Crippen molar-refractivity contribution in [2.45, 2.75) is 25.3 Å². The van der Waals surface area contributed by atoms with Gasteiger partial charge >= 0.3 is 0 Å². The average Bonchev–Trinajstić information content (AvgIpc) is 2.98. The van der Waals surface area contributed by atoms with Gasteiger partial charge in [-0.3, -0.25) is 14.6 Å². The number of halogens is 3. The zero-order valence-corrected chi connectivity index (χ0v) is 19.0. The summed E-state index contributed by atoms with van der Waals surface area (Å²) < 4.78 is 14.9. The first-order chi connectivity index (χ1) is 15.8. The number of fused-ring (bicyclic) bond motifs is 2. The van der Waals surface area contributed by atoms with Crippen molar-refractivity contribution in [3.63, 3.8) is 0 Å². The molecule has 2 amide bonds. The molecule has 0 aliphatic carbocycles. The maximum absolute atomic E-state index is 14.9. The van der Waals surface area contributed by atoms with Gasteiger partial charge in [0.25, 0.3) is 0 Å². The lowest BCUT2D eigenvalue weighted by Gasteiger charge is -2.13. The zero-order valence-electron chi connectivity index (χ0n) is 17.5. The van der Waals surface area contributed by atoms with Crippen LogP contribution in [0.5, 0.6) is 0 Å². The number of rotatable bonds is 3. The van der Waals surface area contributed by atoms with Gasteiger partial charge in [0.15, 0.2) is 0 Å². The number of carbonyl (C=O) groups is 2. The maximum Gasteiger partial charge on any atom is 0.249 e. The molecule has 0 radical (unpaired) electrons. The molecule has 2 aliphatic rings. The highest BCUT2D eigenvalue weighted by atomic mass is 35.5. The summed E-state index contributed by atoms with van der Waals surface area (Å²) >= 11 is 12.1. The molecular weight excluding hydrogens is 464 g/mol. The second-order valence-electron chi connectivity index (χ2n) is 8.14. The van der Waals surface area contributed by atoms with Crippen LogP contribution < -0.4 is 10.6 Å². The number of hydrogen-bond donors (Lipinski definition) is 2. The van der Waals surface area contributed by atoms with E-state index in [1.54, 1.807) is 24.3 Å². The molecule has 166 valence electrons. The van der Waals surface area contributed by atoms with E-state index in [-0.39, 0.29) is 22.5 Å². The highest BCUT2D eigenvalue weighted by molar-refractivity contribution is 6.32. The molecule has 0 spiro atoms. The predicted molar refractivity (Wildman–Crippen MR) is 128 cm³/mol. The first-order valence-corrected chi connectivity index (χ1v) is 11.1. The molecule has 2 atom stereocenters. The highest BCUT2D eigenvalue weighted by Crippen LogP contribution is 2.36. The van der Waals surface area contributed by atoms with Crippen molar-refractivity contribution in [1.82, 2.24) is 0 Å². The van der Waals surface area contributed by atoms with Crippen molar-refractivity contribution in [2.75, 3.05) is 10.6 Å². The third kappa shape index (κ3) is 4.01. The molecule has 5 rings (SSSR count). The quantitative estimate of drug-likeness (QED) is 0.511. The van der Waals surface area contributed by atoms with Crippen molar-refractivity contribution in [3.8, 4) is 0 Å². The van der Waals surface area contributed by atoms with Crippen molar-refractivity contribution >= 4 is 52.1 Å². The van der Waals surface area contributed by atoms with Gasteiger partial charge in [-0.15, -0.1) is 0 Å². The zero-order chi connectivity index (χ0) is 23.3. The second kappa shape index (κ2) is 8.28. The van der Waals surface area contributed by atoms with Crippen LogP contribution in [0.3, 0.4) is 0 Å². The Labute approximate surface area is 199 Å². The molecule has 2 aliphatic heterocycles. The molecule has 0 saturated heterocycles. The molecule has 3 aromatic rings. The summed E-state index contributed by atoms with van der Waals surface area (Å²) in [5.41, 5.74) is 3.88. The Morgan fingerprint density at radius 2 is 1.70 bits per heavy atom. The number of aliphatic imine (C=N–C) groups is 1. The van der Waals surface area contributed by atoms with E-state index >= 15 is 0 Å². The smallest absolute Gasteiger partial charge is 0.249 e. The molecule has 33 heavy (non-hydrogen) atoms. The molecule has 8 heteroatoms. The Morgan fingerprint density at radius 1 is 0.939 bits per heavy atom. The monoisotopic (exact) mass is 481 g/mol. The molecule has 0 bridgehead atoms. The third-order valence-electron chi connectivity index (χ3n) is 5.93. The van der Waals surface area contributed by atoms with Gasteiger partial charge in [-0.1, -0.05) is 47.5 Å². The number of anilines is 2. The van der Waals surface area contributed by atoms with Crippen molar-refractivity contribution in [1.29, 1.82) is 0 Å². The number of benzene rings is 3. The molecule has 3 aromatic carbocycles. The van der Waals surface area contributed by atoms with Crippen LogP contribution in [-0.2, 0) is 16.0 Å². The Bertz CT molecular complexity index is 1340. The van der Waals surface area contributed by atoms with Crippen LogP contribution in [0.1, 0.15) is 35.1 Å². The van der Waals surface area contributed by atoms with E-state index in [0.717, 1.165) is 17.2 Å². The van der Waals surface area contributed by atoms with Crippen molar-refractivity contribution < 1.29 is 14.0 Å². The lowest BCUT2D eigenvalue weighted by molar-refractivity contribution is -0.117. The SMILES string of the molecule is CC1C(=O)Nc2cc(C3=NC(Cc4ccc(Cl)cc4)C(=O)Nc4c(F)cc(Cl)cc43)ccc21. The maximum atomic E-state index is 14.9. The predicted octanol–water partition coefficient (Wildman–Crippen LogP) is 5.59. The summed E-state index contributed by atoms with van der Waals surface area (Å²) in [7, 11) is 0. The molecular formula is C25H18Cl2FN3O2. The number of nitrogens with zero attached hydrogens (tertiary/aromatic N) is 1. The molecule has 2 unspecified atom stereocenters. The highest BCUT2D eigenvalue weighted by Gasteiger charge is 2.31. The first kappa shape index (κ1) is 21.6. The van der Waals surface area contributed by atoms with Gasteiger partial charge in [0.05, 0.1) is 17.3 Å². The Kier molecular flexibility index (Phi) is 5.43. The van der Waals surface area contributed by atoms with Gasteiger partial charge in [0.1, 0.15) is 11.9 Å². The van der Waals surface area contributed by atoms with E-state index in [0.29, 0.717) is 34.0 Å². The summed E-state index contributed by atoms with van der Waals surface area (Å²) in [4.78, 5) is 29.9. The van der Waals surface area contributed by atoms with Gasteiger partial charge in [-0.2, -0.15) is 0 Å². The fourth-order valence-electron chi connectivity index (χ4n) is 4.16. The average molecular weight is 482 g/mol. The summed E-state index contributed by atoms with van der Waals surface area (Å²) in [6.45, 7) is 1.83.